The van der Waals surface area contributed by atoms with Crippen LogP contribution in [0.25, 0.3) is 11.3 Å². The predicted molar refractivity (Wildman–Crippen MR) is 120 cm³/mol. The summed E-state index contributed by atoms with van der Waals surface area (Å²) < 4.78 is 0. The second-order valence-electron chi connectivity index (χ2n) is 8.59. The Balaban J connectivity index is 1.27. The van der Waals surface area contributed by atoms with E-state index in [1.807, 2.05) is 0 Å². The van der Waals surface area contributed by atoms with Crippen LogP contribution >= 0.6 is 0 Å². The van der Waals surface area contributed by atoms with Gasteiger partial charge in [0.1, 0.15) is 12.1 Å². The van der Waals surface area contributed by atoms with Gasteiger partial charge < -0.3 is 15.1 Å². The average Bonchev–Trinajstić information content (AvgIpc) is 2.80. The monoisotopic (exact) mass is 407 g/mol. The molecule has 6 nitrogen and oxygen atoms in total. The van der Waals surface area contributed by atoms with Crippen LogP contribution < -0.4 is 10.2 Å². The second kappa shape index (κ2) is 10.0. The third-order valence-corrected chi connectivity index (χ3v) is 6.33. The van der Waals surface area contributed by atoms with Gasteiger partial charge in [-0.2, -0.15) is 0 Å². The van der Waals surface area contributed by atoms with Gasteiger partial charge in [-0.3, -0.25) is 4.79 Å². The number of rotatable bonds is 6. The highest BCUT2D eigenvalue weighted by atomic mass is 16.1. The van der Waals surface area contributed by atoms with Crippen molar-refractivity contribution in [2.45, 2.75) is 39.0 Å². The number of nitrogens with one attached hydrogen (secondary N) is 1. The van der Waals surface area contributed by atoms with E-state index in [2.05, 4.69) is 62.3 Å². The van der Waals surface area contributed by atoms with Crippen LogP contribution in [0.5, 0.6) is 0 Å². The van der Waals surface area contributed by atoms with Crippen molar-refractivity contribution in [1.82, 2.24) is 20.2 Å². The topological polar surface area (TPSA) is 61.4 Å². The van der Waals surface area contributed by atoms with Crippen molar-refractivity contribution in [2.75, 3.05) is 44.2 Å². The third-order valence-electron chi connectivity index (χ3n) is 6.33. The molecule has 0 spiro atoms. The summed E-state index contributed by atoms with van der Waals surface area (Å²) in [6.07, 6.45) is 7.33. The van der Waals surface area contributed by atoms with Crippen molar-refractivity contribution < 1.29 is 4.79 Å². The number of aryl methyl sites for hydroxylation is 1. The average molecular weight is 408 g/mol. The third kappa shape index (κ3) is 5.36. The minimum Gasteiger partial charge on any atom is -0.356 e. The van der Waals surface area contributed by atoms with E-state index in [1.165, 1.54) is 37.9 Å². The van der Waals surface area contributed by atoms with E-state index in [9.17, 15) is 4.79 Å². The molecule has 2 saturated heterocycles. The van der Waals surface area contributed by atoms with Crippen molar-refractivity contribution in [3.05, 3.63) is 42.2 Å². The molecule has 30 heavy (non-hydrogen) atoms. The van der Waals surface area contributed by atoms with Crippen molar-refractivity contribution in [1.29, 1.82) is 0 Å². The molecule has 2 fully saturated rings. The molecule has 0 unspecified atom stereocenters. The van der Waals surface area contributed by atoms with E-state index in [-0.39, 0.29) is 11.8 Å². The van der Waals surface area contributed by atoms with E-state index in [0.29, 0.717) is 0 Å². The minimum absolute atomic E-state index is 0.112. The Morgan fingerprint density at radius 3 is 2.63 bits per heavy atom. The Morgan fingerprint density at radius 1 is 1.07 bits per heavy atom. The molecule has 0 radical (unpaired) electrons. The number of carbonyl (C=O) groups excluding carboxylic acids is 1. The number of likely N-dealkylation sites (tertiary alicyclic amines) is 1. The summed E-state index contributed by atoms with van der Waals surface area (Å²) in [5, 5.41) is 3.17. The van der Waals surface area contributed by atoms with Crippen LogP contribution in [-0.2, 0) is 4.79 Å². The molecule has 0 bridgehead atoms. The normalized spacial score (nSPS) is 18.4. The molecule has 0 atom stereocenters. The molecule has 3 heterocycles. The Kier molecular flexibility index (Phi) is 6.95. The number of carbonyl (C=O) groups is 1. The summed E-state index contributed by atoms with van der Waals surface area (Å²) in [4.78, 5) is 26.3. The maximum Gasteiger partial charge on any atom is 0.223 e. The Hall–Kier alpha value is -2.47. The minimum atomic E-state index is 0.112. The standard InChI is InChI=1S/C24H33N5O/c1-19-6-5-7-21(16-19)22-17-23(27-18-26-22)29-13-8-20(9-14-29)24(30)25-10-15-28-11-3-2-4-12-28/h5-7,16-18,20H,2-4,8-15H2,1H3,(H,25,30). The second-order valence-corrected chi connectivity index (χ2v) is 8.59. The molecule has 1 aromatic heterocycles. The summed E-state index contributed by atoms with van der Waals surface area (Å²) in [6, 6.07) is 10.4. The largest absolute Gasteiger partial charge is 0.356 e. The van der Waals surface area contributed by atoms with Crippen molar-refractivity contribution in [3.63, 3.8) is 0 Å². The van der Waals surface area contributed by atoms with E-state index < -0.39 is 0 Å². The molecule has 1 aromatic carbocycles. The van der Waals surface area contributed by atoms with Crippen LogP contribution in [0.3, 0.4) is 0 Å². The Morgan fingerprint density at radius 2 is 1.87 bits per heavy atom. The van der Waals surface area contributed by atoms with Crippen LogP contribution in [0.1, 0.15) is 37.7 Å². The number of benzene rings is 1. The maximum absolute atomic E-state index is 12.6. The van der Waals surface area contributed by atoms with E-state index in [4.69, 9.17) is 0 Å². The maximum atomic E-state index is 12.6. The summed E-state index contributed by atoms with van der Waals surface area (Å²) in [7, 11) is 0. The first-order valence-electron chi connectivity index (χ1n) is 11.3. The number of hydrogen-bond donors (Lipinski definition) is 1. The fraction of sp³-hybridized carbons (Fsp3) is 0.542. The van der Waals surface area contributed by atoms with Gasteiger partial charge in [-0.05, 0) is 51.8 Å². The number of amides is 1. The number of anilines is 1. The first-order valence-corrected chi connectivity index (χ1v) is 11.3. The molecule has 2 aromatic rings. The molecule has 1 N–H and O–H groups in total. The highest BCUT2D eigenvalue weighted by Gasteiger charge is 2.25. The van der Waals surface area contributed by atoms with Crippen molar-refractivity contribution in [3.8, 4) is 11.3 Å². The zero-order valence-corrected chi connectivity index (χ0v) is 18.0. The molecule has 0 aliphatic carbocycles. The zero-order chi connectivity index (χ0) is 20.8. The van der Waals surface area contributed by atoms with Crippen LogP contribution in [-0.4, -0.2) is 60.0 Å². The number of piperidine rings is 2. The molecule has 2 aliphatic heterocycles. The Bertz CT molecular complexity index is 841. The number of hydrogen-bond acceptors (Lipinski definition) is 5. The summed E-state index contributed by atoms with van der Waals surface area (Å²) >= 11 is 0. The van der Waals surface area contributed by atoms with Crippen LogP contribution in [0.4, 0.5) is 5.82 Å². The van der Waals surface area contributed by atoms with Crippen molar-refractivity contribution >= 4 is 11.7 Å². The quantitative estimate of drug-likeness (QED) is 0.796. The first kappa shape index (κ1) is 20.8. The summed E-state index contributed by atoms with van der Waals surface area (Å²) in [6.45, 7) is 7.91. The fourth-order valence-corrected chi connectivity index (χ4v) is 4.52. The first-order chi connectivity index (χ1) is 14.7. The van der Waals surface area contributed by atoms with Gasteiger partial charge in [0.2, 0.25) is 5.91 Å². The summed E-state index contributed by atoms with van der Waals surface area (Å²) in [5.74, 6) is 1.28. The number of nitrogens with zero attached hydrogens (tertiary/aromatic N) is 4. The van der Waals surface area contributed by atoms with Gasteiger partial charge in [0.25, 0.3) is 0 Å². The highest BCUT2D eigenvalue weighted by molar-refractivity contribution is 5.79. The van der Waals surface area contributed by atoms with Gasteiger partial charge in [-0.1, -0.05) is 30.2 Å². The van der Waals surface area contributed by atoms with Crippen LogP contribution in [0, 0.1) is 12.8 Å². The van der Waals surface area contributed by atoms with Gasteiger partial charge in [-0.25, -0.2) is 9.97 Å². The molecular weight excluding hydrogens is 374 g/mol. The molecule has 4 rings (SSSR count). The molecule has 0 saturated carbocycles. The number of aromatic nitrogens is 2. The lowest BCUT2D eigenvalue weighted by molar-refractivity contribution is -0.125. The lowest BCUT2D eigenvalue weighted by atomic mass is 9.96. The lowest BCUT2D eigenvalue weighted by Crippen LogP contribution is -2.43. The van der Waals surface area contributed by atoms with Crippen LogP contribution in [0.15, 0.2) is 36.7 Å². The van der Waals surface area contributed by atoms with Gasteiger partial charge in [-0.15, -0.1) is 0 Å². The zero-order valence-electron chi connectivity index (χ0n) is 18.0. The predicted octanol–water partition coefficient (Wildman–Crippen LogP) is 3.27. The molecular formula is C24H33N5O. The summed E-state index contributed by atoms with van der Waals surface area (Å²) in [5.41, 5.74) is 3.28. The van der Waals surface area contributed by atoms with Gasteiger partial charge in [0.05, 0.1) is 5.69 Å². The Labute approximate surface area is 179 Å². The van der Waals surface area contributed by atoms with E-state index in [0.717, 1.165) is 56.1 Å². The van der Waals surface area contributed by atoms with Crippen LogP contribution in [0.2, 0.25) is 0 Å². The molecule has 6 heteroatoms. The lowest BCUT2D eigenvalue weighted by Gasteiger charge is -2.32. The van der Waals surface area contributed by atoms with Crippen molar-refractivity contribution in [2.24, 2.45) is 5.92 Å². The molecule has 1 amide bonds. The highest BCUT2D eigenvalue weighted by Crippen LogP contribution is 2.25. The fourth-order valence-electron chi connectivity index (χ4n) is 4.52. The van der Waals surface area contributed by atoms with Gasteiger partial charge in [0.15, 0.2) is 0 Å². The molecule has 2 aliphatic rings. The van der Waals surface area contributed by atoms with Gasteiger partial charge >= 0.3 is 0 Å². The van der Waals surface area contributed by atoms with E-state index >= 15 is 0 Å². The van der Waals surface area contributed by atoms with E-state index in [1.54, 1.807) is 6.33 Å². The molecule has 160 valence electrons. The smallest absolute Gasteiger partial charge is 0.223 e. The van der Waals surface area contributed by atoms with Gasteiger partial charge in [0, 0.05) is 43.7 Å². The SMILES string of the molecule is Cc1cccc(-c2cc(N3CCC(C(=O)NCCN4CCCCC4)CC3)ncn2)c1.